The third-order valence-corrected chi connectivity index (χ3v) is 7.57. The minimum Gasteiger partial charge on any atom is -0.495 e. The maximum Gasteiger partial charge on any atom is 0.264 e. The van der Waals surface area contributed by atoms with Crippen LogP contribution in [0.1, 0.15) is 34.1 Å². The van der Waals surface area contributed by atoms with Crippen LogP contribution in [0.4, 0.5) is 10.8 Å². The Kier molecular flexibility index (Phi) is 5.44. The lowest BCUT2D eigenvalue weighted by molar-refractivity contribution is 0.102. The van der Waals surface area contributed by atoms with Crippen LogP contribution in [0.3, 0.4) is 0 Å². The molecular formula is C20H20N4O4S2. The highest BCUT2D eigenvalue weighted by atomic mass is 32.2. The van der Waals surface area contributed by atoms with Crippen LogP contribution >= 0.6 is 11.3 Å². The Morgan fingerprint density at radius 1 is 1.13 bits per heavy atom. The van der Waals surface area contributed by atoms with Gasteiger partial charge in [0.2, 0.25) is 5.13 Å². The minimum absolute atomic E-state index is 0.0689. The first-order chi connectivity index (χ1) is 14.4. The van der Waals surface area contributed by atoms with Gasteiger partial charge in [-0.1, -0.05) is 23.5 Å². The van der Waals surface area contributed by atoms with Crippen LogP contribution in [0.5, 0.6) is 5.75 Å². The average Bonchev–Trinajstić information content (AvgIpc) is 3.52. The van der Waals surface area contributed by atoms with Crippen LogP contribution in [0.15, 0.2) is 53.4 Å². The summed E-state index contributed by atoms with van der Waals surface area (Å²) in [6.07, 6.45) is 2.23. The minimum atomic E-state index is -3.82. The summed E-state index contributed by atoms with van der Waals surface area (Å²) in [4.78, 5) is 12.5. The lowest BCUT2D eigenvalue weighted by Gasteiger charge is -2.21. The Balaban J connectivity index is 1.50. The van der Waals surface area contributed by atoms with Gasteiger partial charge >= 0.3 is 0 Å². The largest absolute Gasteiger partial charge is 0.495 e. The molecule has 0 spiro atoms. The smallest absolute Gasteiger partial charge is 0.264 e. The highest BCUT2D eigenvalue weighted by Gasteiger charge is 2.28. The number of benzene rings is 2. The topological polar surface area (TPSA) is 101 Å². The molecule has 1 saturated carbocycles. The fourth-order valence-electron chi connectivity index (χ4n) is 2.91. The molecule has 156 valence electrons. The fourth-order valence-corrected chi connectivity index (χ4v) is 5.02. The van der Waals surface area contributed by atoms with Gasteiger partial charge in [0, 0.05) is 18.5 Å². The van der Waals surface area contributed by atoms with Crippen LogP contribution < -0.4 is 14.4 Å². The second kappa shape index (κ2) is 8.04. The van der Waals surface area contributed by atoms with Crippen molar-refractivity contribution in [2.75, 3.05) is 23.8 Å². The maximum absolute atomic E-state index is 13.0. The molecule has 8 nitrogen and oxygen atoms in total. The number of aromatic nitrogens is 2. The number of nitrogens with one attached hydrogen (secondary N) is 1. The summed E-state index contributed by atoms with van der Waals surface area (Å²) in [5, 5.41) is 12.2. The Morgan fingerprint density at radius 2 is 1.83 bits per heavy atom. The zero-order chi connectivity index (χ0) is 21.3. The number of sulfonamides is 1. The van der Waals surface area contributed by atoms with Gasteiger partial charge in [0.25, 0.3) is 15.9 Å². The van der Waals surface area contributed by atoms with E-state index in [0.717, 1.165) is 22.2 Å². The molecule has 1 aliphatic rings. The van der Waals surface area contributed by atoms with Crippen LogP contribution in [0.2, 0.25) is 0 Å². The first kappa shape index (κ1) is 20.3. The summed E-state index contributed by atoms with van der Waals surface area (Å²) in [6.45, 7) is 0. The molecular weight excluding hydrogens is 424 g/mol. The van der Waals surface area contributed by atoms with Gasteiger partial charge in [0.15, 0.2) is 0 Å². The Morgan fingerprint density at radius 3 is 2.50 bits per heavy atom. The third kappa shape index (κ3) is 4.01. The third-order valence-electron chi connectivity index (χ3n) is 4.79. The molecule has 0 radical (unpaired) electrons. The molecule has 1 aromatic heterocycles. The van der Waals surface area contributed by atoms with Crippen molar-refractivity contribution in [3.8, 4) is 5.75 Å². The molecule has 0 atom stereocenters. The molecule has 0 aliphatic heterocycles. The summed E-state index contributed by atoms with van der Waals surface area (Å²) < 4.78 is 32.4. The number of para-hydroxylation sites is 2. The molecule has 1 fully saturated rings. The number of carbonyl (C=O) groups is 1. The van der Waals surface area contributed by atoms with Crippen molar-refractivity contribution in [1.29, 1.82) is 0 Å². The standard InChI is InChI=1S/C20H20N4O4S2/c1-24(16-5-3-4-6-17(16)28-2)30(26,27)15-11-9-13(10-12-15)18(25)21-20-23-22-19(29-20)14-7-8-14/h3-6,9-12,14H,7-8H2,1-2H3,(H,21,23,25). The van der Waals surface area contributed by atoms with E-state index in [1.54, 1.807) is 24.3 Å². The van der Waals surface area contributed by atoms with Gasteiger partial charge in [-0.3, -0.25) is 14.4 Å². The van der Waals surface area contributed by atoms with Crippen molar-refractivity contribution < 1.29 is 17.9 Å². The molecule has 4 rings (SSSR count). The predicted molar refractivity (Wildman–Crippen MR) is 115 cm³/mol. The van der Waals surface area contributed by atoms with Crippen molar-refractivity contribution in [3.05, 3.63) is 59.1 Å². The zero-order valence-corrected chi connectivity index (χ0v) is 18.0. The molecule has 0 saturated heterocycles. The first-order valence-corrected chi connectivity index (χ1v) is 11.5. The number of rotatable bonds is 7. The lowest BCUT2D eigenvalue weighted by Crippen LogP contribution is -2.27. The zero-order valence-electron chi connectivity index (χ0n) is 16.4. The second-order valence-corrected chi connectivity index (χ2v) is 9.82. The van der Waals surface area contributed by atoms with Crippen molar-refractivity contribution in [2.24, 2.45) is 0 Å². The van der Waals surface area contributed by atoms with Gasteiger partial charge in [-0.05, 0) is 49.2 Å². The summed E-state index contributed by atoms with van der Waals surface area (Å²) in [5.41, 5.74) is 0.752. The maximum atomic E-state index is 13.0. The summed E-state index contributed by atoms with van der Waals surface area (Å²) >= 11 is 1.37. The lowest BCUT2D eigenvalue weighted by atomic mass is 10.2. The summed E-state index contributed by atoms with van der Waals surface area (Å²) in [7, 11) is -0.880. The van der Waals surface area contributed by atoms with Crippen LogP contribution in [-0.4, -0.2) is 38.7 Å². The van der Waals surface area contributed by atoms with E-state index in [-0.39, 0.29) is 10.8 Å². The number of hydrogen-bond acceptors (Lipinski definition) is 7. The van der Waals surface area contributed by atoms with E-state index in [9.17, 15) is 13.2 Å². The molecule has 2 aromatic carbocycles. The van der Waals surface area contributed by atoms with Crippen LogP contribution in [0.25, 0.3) is 0 Å². The van der Waals surface area contributed by atoms with Crippen molar-refractivity contribution >= 4 is 38.1 Å². The molecule has 30 heavy (non-hydrogen) atoms. The van der Waals surface area contributed by atoms with Crippen LogP contribution in [-0.2, 0) is 10.0 Å². The van der Waals surface area contributed by atoms with Crippen molar-refractivity contribution in [3.63, 3.8) is 0 Å². The number of hydrogen-bond donors (Lipinski definition) is 1. The van der Waals surface area contributed by atoms with Crippen LogP contribution in [0, 0.1) is 0 Å². The molecule has 1 N–H and O–H groups in total. The number of amides is 1. The van der Waals surface area contributed by atoms with Gasteiger partial charge in [0.1, 0.15) is 10.8 Å². The van der Waals surface area contributed by atoms with Gasteiger partial charge < -0.3 is 4.74 Å². The summed E-state index contributed by atoms with van der Waals surface area (Å²) in [5.74, 6) is 0.551. The quantitative estimate of drug-likeness (QED) is 0.598. The molecule has 0 unspecified atom stereocenters. The normalized spacial score (nSPS) is 13.7. The average molecular weight is 445 g/mol. The second-order valence-electron chi connectivity index (χ2n) is 6.84. The van der Waals surface area contributed by atoms with E-state index in [1.165, 1.54) is 49.8 Å². The first-order valence-electron chi connectivity index (χ1n) is 9.27. The molecule has 3 aromatic rings. The molecule has 1 amide bonds. The number of methoxy groups -OCH3 is 1. The van der Waals surface area contributed by atoms with Gasteiger partial charge in [-0.15, -0.1) is 10.2 Å². The van der Waals surface area contributed by atoms with E-state index in [4.69, 9.17) is 4.74 Å². The highest BCUT2D eigenvalue weighted by Crippen LogP contribution is 2.42. The number of ether oxygens (including phenoxy) is 1. The highest BCUT2D eigenvalue weighted by molar-refractivity contribution is 7.92. The molecule has 0 bridgehead atoms. The van der Waals surface area contributed by atoms with Gasteiger partial charge in [0.05, 0.1) is 17.7 Å². The van der Waals surface area contributed by atoms with Crippen molar-refractivity contribution in [2.45, 2.75) is 23.7 Å². The Labute approximate surface area is 178 Å². The number of carbonyl (C=O) groups excluding carboxylic acids is 1. The fraction of sp³-hybridized carbons (Fsp3) is 0.250. The monoisotopic (exact) mass is 444 g/mol. The predicted octanol–water partition coefficient (Wildman–Crippen LogP) is 3.50. The van der Waals surface area contributed by atoms with E-state index in [0.29, 0.717) is 28.0 Å². The number of nitrogens with zero attached hydrogens (tertiary/aromatic N) is 3. The summed E-state index contributed by atoms with van der Waals surface area (Å²) in [6, 6.07) is 12.6. The Hall–Kier alpha value is -2.98. The SMILES string of the molecule is COc1ccccc1N(C)S(=O)(=O)c1ccc(C(=O)Nc2nnc(C3CC3)s2)cc1. The molecule has 10 heteroatoms. The Bertz CT molecular complexity index is 1170. The molecule has 1 aliphatic carbocycles. The van der Waals surface area contributed by atoms with E-state index in [1.807, 2.05) is 0 Å². The van der Waals surface area contributed by atoms with Gasteiger partial charge in [-0.25, -0.2) is 8.42 Å². The van der Waals surface area contributed by atoms with E-state index >= 15 is 0 Å². The van der Waals surface area contributed by atoms with Crippen molar-refractivity contribution in [1.82, 2.24) is 10.2 Å². The van der Waals surface area contributed by atoms with Gasteiger partial charge in [-0.2, -0.15) is 0 Å². The molecule has 1 heterocycles. The van der Waals surface area contributed by atoms with E-state index < -0.39 is 10.0 Å². The number of anilines is 2. The van der Waals surface area contributed by atoms with E-state index in [2.05, 4.69) is 15.5 Å².